The molecule has 0 aliphatic carbocycles. The summed E-state index contributed by atoms with van der Waals surface area (Å²) in [6.45, 7) is 3.21. The Morgan fingerprint density at radius 3 is 2.55 bits per heavy atom. The van der Waals surface area contributed by atoms with Crippen molar-refractivity contribution in [2.45, 2.75) is 6.54 Å². The van der Waals surface area contributed by atoms with Crippen molar-refractivity contribution >= 4 is 17.3 Å². The normalized spacial score (nSPS) is 14.0. The Bertz CT molecular complexity index is 956. The van der Waals surface area contributed by atoms with Gasteiger partial charge < -0.3 is 15.1 Å². The molecule has 29 heavy (non-hydrogen) atoms. The minimum Gasteiger partial charge on any atom is -0.378 e. The molecule has 0 saturated carbocycles. The molecule has 3 aromatic rings. The number of benzene rings is 1. The monoisotopic (exact) mass is 391 g/mol. The van der Waals surface area contributed by atoms with Crippen LogP contribution in [0.4, 0.5) is 15.8 Å². The number of pyridine rings is 2. The first-order valence-corrected chi connectivity index (χ1v) is 9.58. The first-order valence-electron chi connectivity index (χ1n) is 9.58. The van der Waals surface area contributed by atoms with Crippen LogP contribution in [0, 0.1) is 5.82 Å². The smallest absolute Gasteiger partial charge is 0.255 e. The number of piperazine rings is 1. The minimum absolute atomic E-state index is 0.0299. The zero-order chi connectivity index (χ0) is 20.1. The number of nitrogens with zero attached hydrogens (tertiary/aromatic N) is 4. The number of anilines is 2. The SMILES string of the molecule is O=C(c1cncc(NCc2ccccn2)c1)N1CCN(c2ccc(F)cc2)CC1. The number of carbonyl (C=O) groups is 1. The minimum atomic E-state index is -0.244. The van der Waals surface area contributed by atoms with E-state index >= 15 is 0 Å². The van der Waals surface area contributed by atoms with Crippen LogP contribution in [0.2, 0.25) is 0 Å². The molecule has 1 saturated heterocycles. The second kappa shape index (κ2) is 8.68. The van der Waals surface area contributed by atoms with Crippen molar-refractivity contribution in [2.24, 2.45) is 0 Å². The van der Waals surface area contributed by atoms with Crippen LogP contribution < -0.4 is 10.2 Å². The predicted octanol–water partition coefficient (Wildman–Crippen LogP) is 3.19. The maximum absolute atomic E-state index is 13.1. The summed E-state index contributed by atoms with van der Waals surface area (Å²) in [5, 5.41) is 3.26. The van der Waals surface area contributed by atoms with Crippen LogP contribution in [0.5, 0.6) is 0 Å². The van der Waals surface area contributed by atoms with Crippen LogP contribution in [0.25, 0.3) is 0 Å². The van der Waals surface area contributed by atoms with Crippen molar-refractivity contribution in [1.82, 2.24) is 14.9 Å². The molecule has 0 unspecified atom stereocenters. The first kappa shape index (κ1) is 18.9. The molecule has 0 atom stereocenters. The van der Waals surface area contributed by atoms with Crippen LogP contribution in [0.15, 0.2) is 67.1 Å². The highest BCUT2D eigenvalue weighted by Gasteiger charge is 2.22. The first-order chi connectivity index (χ1) is 14.2. The highest BCUT2D eigenvalue weighted by atomic mass is 19.1. The molecule has 1 aliphatic rings. The molecule has 4 rings (SSSR count). The number of hydrogen-bond acceptors (Lipinski definition) is 5. The van der Waals surface area contributed by atoms with Gasteiger partial charge in [0.15, 0.2) is 0 Å². The number of carbonyl (C=O) groups excluding carboxylic acids is 1. The van der Waals surface area contributed by atoms with E-state index in [1.54, 1.807) is 30.7 Å². The van der Waals surface area contributed by atoms with E-state index < -0.39 is 0 Å². The Kier molecular flexibility index (Phi) is 5.65. The summed E-state index contributed by atoms with van der Waals surface area (Å²) in [5.41, 5.74) is 3.24. The lowest BCUT2D eigenvalue weighted by molar-refractivity contribution is 0.0746. The molecule has 1 amide bonds. The standard InChI is InChI=1S/C22H22FN5O/c23-18-4-6-21(7-5-18)27-9-11-28(12-10-27)22(29)17-13-20(15-24-14-17)26-16-19-3-1-2-8-25-19/h1-8,13-15,26H,9-12,16H2. The zero-order valence-corrected chi connectivity index (χ0v) is 16.0. The van der Waals surface area contributed by atoms with Gasteiger partial charge in [-0.3, -0.25) is 14.8 Å². The molecular formula is C22H22FN5O. The summed E-state index contributed by atoms with van der Waals surface area (Å²) in [5.74, 6) is -0.274. The van der Waals surface area contributed by atoms with Gasteiger partial charge in [-0.15, -0.1) is 0 Å². The molecule has 1 fully saturated rings. The molecule has 1 aliphatic heterocycles. The maximum atomic E-state index is 13.1. The summed E-state index contributed by atoms with van der Waals surface area (Å²) in [7, 11) is 0. The van der Waals surface area contributed by atoms with E-state index in [4.69, 9.17) is 0 Å². The third-order valence-corrected chi connectivity index (χ3v) is 4.94. The number of nitrogens with one attached hydrogen (secondary N) is 1. The predicted molar refractivity (Wildman–Crippen MR) is 110 cm³/mol. The van der Waals surface area contributed by atoms with Crippen LogP contribution >= 0.6 is 0 Å². The van der Waals surface area contributed by atoms with Gasteiger partial charge in [-0.2, -0.15) is 0 Å². The fraction of sp³-hybridized carbons (Fsp3) is 0.227. The Morgan fingerprint density at radius 2 is 1.83 bits per heavy atom. The van der Waals surface area contributed by atoms with E-state index in [0.29, 0.717) is 38.3 Å². The van der Waals surface area contributed by atoms with Crippen LogP contribution in [-0.2, 0) is 6.54 Å². The van der Waals surface area contributed by atoms with Crippen LogP contribution in [0.3, 0.4) is 0 Å². The number of aromatic nitrogens is 2. The van der Waals surface area contributed by atoms with Gasteiger partial charge in [0.2, 0.25) is 0 Å². The summed E-state index contributed by atoms with van der Waals surface area (Å²) in [6.07, 6.45) is 5.05. The summed E-state index contributed by atoms with van der Waals surface area (Å²) in [4.78, 5) is 25.4. The highest BCUT2D eigenvalue weighted by molar-refractivity contribution is 5.95. The average Bonchev–Trinajstić information content (AvgIpc) is 2.79. The number of amides is 1. The van der Waals surface area contributed by atoms with Crippen molar-refractivity contribution in [2.75, 3.05) is 36.4 Å². The van der Waals surface area contributed by atoms with E-state index in [0.717, 1.165) is 17.1 Å². The van der Waals surface area contributed by atoms with Crippen LogP contribution in [-0.4, -0.2) is 47.0 Å². The second-order valence-corrected chi connectivity index (χ2v) is 6.89. The quantitative estimate of drug-likeness (QED) is 0.724. The van der Waals surface area contributed by atoms with Crippen LogP contribution in [0.1, 0.15) is 16.1 Å². The highest BCUT2D eigenvalue weighted by Crippen LogP contribution is 2.18. The lowest BCUT2D eigenvalue weighted by Crippen LogP contribution is -2.48. The summed E-state index contributed by atoms with van der Waals surface area (Å²) in [6, 6.07) is 14.0. The van der Waals surface area contributed by atoms with Gasteiger partial charge in [0.05, 0.1) is 23.5 Å². The molecule has 7 heteroatoms. The molecule has 1 aromatic carbocycles. The van der Waals surface area contributed by atoms with E-state index in [1.165, 1.54) is 12.1 Å². The molecular weight excluding hydrogens is 369 g/mol. The number of halogens is 1. The molecule has 3 heterocycles. The number of rotatable bonds is 5. The molecule has 0 bridgehead atoms. The van der Waals surface area contributed by atoms with Crippen molar-refractivity contribution in [3.8, 4) is 0 Å². The Hall–Kier alpha value is -3.48. The number of hydrogen-bond donors (Lipinski definition) is 1. The zero-order valence-electron chi connectivity index (χ0n) is 16.0. The Balaban J connectivity index is 1.35. The van der Waals surface area contributed by atoms with Crippen molar-refractivity contribution in [3.05, 3.63) is 84.2 Å². The van der Waals surface area contributed by atoms with Crippen molar-refractivity contribution in [3.63, 3.8) is 0 Å². The molecule has 0 radical (unpaired) electrons. The second-order valence-electron chi connectivity index (χ2n) is 6.89. The van der Waals surface area contributed by atoms with Gasteiger partial charge in [0.1, 0.15) is 5.82 Å². The van der Waals surface area contributed by atoms with Crippen molar-refractivity contribution < 1.29 is 9.18 Å². The fourth-order valence-electron chi connectivity index (χ4n) is 3.35. The van der Waals surface area contributed by atoms with Gasteiger partial charge in [-0.1, -0.05) is 6.07 Å². The lowest BCUT2D eigenvalue weighted by atomic mass is 10.2. The van der Waals surface area contributed by atoms with E-state index in [2.05, 4.69) is 20.2 Å². The maximum Gasteiger partial charge on any atom is 0.255 e. The molecule has 1 N–H and O–H groups in total. The van der Waals surface area contributed by atoms with Gasteiger partial charge >= 0.3 is 0 Å². The average molecular weight is 391 g/mol. The van der Waals surface area contributed by atoms with E-state index in [-0.39, 0.29) is 11.7 Å². The van der Waals surface area contributed by atoms with Crippen molar-refractivity contribution in [1.29, 1.82) is 0 Å². The lowest BCUT2D eigenvalue weighted by Gasteiger charge is -2.36. The summed E-state index contributed by atoms with van der Waals surface area (Å²) < 4.78 is 13.1. The van der Waals surface area contributed by atoms with E-state index in [1.807, 2.05) is 29.2 Å². The van der Waals surface area contributed by atoms with Gasteiger partial charge in [0, 0.05) is 50.5 Å². The molecule has 2 aromatic heterocycles. The van der Waals surface area contributed by atoms with Gasteiger partial charge in [-0.25, -0.2) is 4.39 Å². The molecule has 6 nitrogen and oxygen atoms in total. The Morgan fingerprint density at radius 1 is 1.03 bits per heavy atom. The third-order valence-electron chi connectivity index (χ3n) is 4.94. The Labute approximate surface area is 169 Å². The van der Waals surface area contributed by atoms with Gasteiger partial charge in [0.25, 0.3) is 5.91 Å². The third kappa shape index (κ3) is 4.68. The molecule has 148 valence electrons. The topological polar surface area (TPSA) is 61.4 Å². The molecule has 0 spiro atoms. The largest absolute Gasteiger partial charge is 0.378 e. The summed E-state index contributed by atoms with van der Waals surface area (Å²) >= 11 is 0. The van der Waals surface area contributed by atoms with E-state index in [9.17, 15) is 9.18 Å². The fourth-order valence-corrected chi connectivity index (χ4v) is 3.35. The van der Waals surface area contributed by atoms with Gasteiger partial charge in [-0.05, 0) is 42.5 Å².